The minimum Gasteiger partial charge on any atom is -0.485 e. The predicted molar refractivity (Wildman–Crippen MR) is 119 cm³/mol. The van der Waals surface area contributed by atoms with Gasteiger partial charge in [-0.25, -0.2) is 0 Å². The Labute approximate surface area is 182 Å². The van der Waals surface area contributed by atoms with Gasteiger partial charge < -0.3 is 14.6 Å². The summed E-state index contributed by atoms with van der Waals surface area (Å²) in [5.41, 5.74) is 1.25. The van der Waals surface area contributed by atoms with Crippen LogP contribution in [0.4, 0.5) is 0 Å². The van der Waals surface area contributed by atoms with E-state index < -0.39 is 0 Å². The zero-order chi connectivity index (χ0) is 20.8. The van der Waals surface area contributed by atoms with E-state index in [4.69, 9.17) is 9.26 Å². The minimum atomic E-state index is 0.0748. The molecule has 7 heteroatoms. The number of thiophene rings is 1. The molecule has 1 N–H and O–H groups in total. The molecule has 0 bridgehead atoms. The molecule has 30 heavy (non-hydrogen) atoms. The first-order chi connectivity index (χ1) is 14.7. The van der Waals surface area contributed by atoms with E-state index in [0.29, 0.717) is 11.8 Å². The summed E-state index contributed by atoms with van der Waals surface area (Å²) in [7, 11) is 1.99. The Morgan fingerprint density at radius 1 is 1.23 bits per heavy atom. The fourth-order valence-corrected chi connectivity index (χ4v) is 4.77. The number of piperidine rings is 1. The van der Waals surface area contributed by atoms with Crippen LogP contribution in [0.5, 0.6) is 5.75 Å². The zero-order valence-corrected chi connectivity index (χ0v) is 18.5. The third-order valence-corrected chi connectivity index (χ3v) is 6.61. The van der Waals surface area contributed by atoms with E-state index in [0.717, 1.165) is 57.0 Å². The van der Waals surface area contributed by atoms with Crippen LogP contribution < -0.4 is 10.1 Å². The molecule has 0 amide bonds. The topological polar surface area (TPSA) is 63.4 Å². The van der Waals surface area contributed by atoms with E-state index in [2.05, 4.69) is 62.1 Å². The van der Waals surface area contributed by atoms with E-state index in [1.54, 1.807) is 11.3 Å². The summed E-state index contributed by atoms with van der Waals surface area (Å²) in [6.07, 6.45) is 3.14. The maximum Gasteiger partial charge on any atom is 0.223 e. The van der Waals surface area contributed by atoms with E-state index in [9.17, 15) is 0 Å². The first kappa shape index (κ1) is 21.0. The number of nitrogens with zero attached hydrogens (tertiary/aromatic N) is 3. The number of ether oxygens (including phenoxy) is 1. The van der Waals surface area contributed by atoms with Crippen LogP contribution in [0.25, 0.3) is 0 Å². The van der Waals surface area contributed by atoms with Gasteiger partial charge in [0.2, 0.25) is 5.89 Å². The van der Waals surface area contributed by atoms with Gasteiger partial charge >= 0.3 is 0 Å². The molecule has 1 aliphatic rings. The third kappa shape index (κ3) is 5.28. The molecule has 1 fully saturated rings. The van der Waals surface area contributed by atoms with Crippen LogP contribution in [0, 0.1) is 6.92 Å². The number of hydrogen-bond acceptors (Lipinski definition) is 7. The normalized spacial score (nSPS) is 16.6. The average Bonchev–Trinajstić information content (AvgIpc) is 3.45. The number of aromatic nitrogens is 2. The second kappa shape index (κ2) is 10.2. The lowest BCUT2D eigenvalue weighted by Gasteiger charge is -2.31. The van der Waals surface area contributed by atoms with Crippen molar-refractivity contribution in [1.82, 2.24) is 20.4 Å². The van der Waals surface area contributed by atoms with Crippen molar-refractivity contribution in [3.8, 4) is 5.75 Å². The van der Waals surface area contributed by atoms with Crippen molar-refractivity contribution in [3.05, 3.63) is 63.9 Å². The smallest absolute Gasteiger partial charge is 0.223 e. The van der Waals surface area contributed by atoms with Crippen molar-refractivity contribution in [2.45, 2.75) is 44.8 Å². The molecular weight excluding hydrogens is 396 g/mol. The molecule has 4 rings (SSSR count). The van der Waals surface area contributed by atoms with E-state index >= 15 is 0 Å². The fourth-order valence-electron chi connectivity index (χ4n) is 3.98. The molecule has 0 aliphatic carbocycles. The molecule has 160 valence electrons. The van der Waals surface area contributed by atoms with Crippen LogP contribution in [0.15, 0.2) is 46.3 Å². The molecule has 2 aromatic heterocycles. The molecular formula is C23H30N4O2S. The van der Waals surface area contributed by atoms with Crippen molar-refractivity contribution in [2.75, 3.05) is 26.7 Å². The molecule has 0 saturated carbocycles. The second-order valence-electron chi connectivity index (χ2n) is 7.84. The standard InChI is InChI=1S/C23H30N4O2S/c1-17-25-23(26-29-17)18-10-13-27(14-11-18)16-19-6-3-4-7-20(19)28-21(9-12-24-2)22-8-5-15-30-22/h3-8,15,18,21,24H,9-14,16H2,1-2H3. The van der Waals surface area contributed by atoms with Gasteiger partial charge in [0.05, 0.1) is 0 Å². The van der Waals surface area contributed by atoms with Crippen molar-refractivity contribution in [1.29, 1.82) is 0 Å². The highest BCUT2D eigenvalue weighted by molar-refractivity contribution is 7.10. The van der Waals surface area contributed by atoms with Crippen LogP contribution in [0.2, 0.25) is 0 Å². The van der Waals surface area contributed by atoms with Gasteiger partial charge in [-0.1, -0.05) is 29.4 Å². The van der Waals surface area contributed by atoms with Crippen molar-refractivity contribution in [2.24, 2.45) is 0 Å². The van der Waals surface area contributed by atoms with Gasteiger partial charge in [0, 0.05) is 36.2 Å². The van der Waals surface area contributed by atoms with Gasteiger partial charge in [-0.2, -0.15) is 4.98 Å². The number of hydrogen-bond donors (Lipinski definition) is 1. The van der Waals surface area contributed by atoms with Crippen molar-refractivity contribution in [3.63, 3.8) is 0 Å². The Balaban J connectivity index is 1.39. The number of nitrogens with one attached hydrogen (secondary N) is 1. The Bertz CT molecular complexity index is 904. The van der Waals surface area contributed by atoms with Crippen LogP contribution in [0.3, 0.4) is 0 Å². The van der Waals surface area contributed by atoms with E-state index in [1.165, 1.54) is 10.4 Å². The molecule has 1 aliphatic heterocycles. The number of likely N-dealkylation sites (tertiary alicyclic amines) is 1. The molecule has 1 aromatic carbocycles. The molecule has 0 radical (unpaired) electrons. The first-order valence-electron chi connectivity index (χ1n) is 10.7. The Hall–Kier alpha value is -2.22. The minimum absolute atomic E-state index is 0.0748. The third-order valence-electron chi connectivity index (χ3n) is 5.65. The lowest BCUT2D eigenvalue weighted by atomic mass is 9.96. The van der Waals surface area contributed by atoms with Crippen LogP contribution in [-0.2, 0) is 6.54 Å². The number of aryl methyl sites for hydroxylation is 1. The molecule has 6 nitrogen and oxygen atoms in total. The summed E-state index contributed by atoms with van der Waals surface area (Å²) in [5, 5.41) is 9.48. The molecule has 0 spiro atoms. The molecule has 1 unspecified atom stereocenters. The summed E-state index contributed by atoms with van der Waals surface area (Å²) < 4.78 is 11.7. The lowest BCUT2D eigenvalue weighted by molar-refractivity contribution is 0.179. The van der Waals surface area contributed by atoms with Gasteiger partial charge in [0.25, 0.3) is 0 Å². The summed E-state index contributed by atoms with van der Waals surface area (Å²) in [4.78, 5) is 8.19. The maximum atomic E-state index is 6.54. The lowest BCUT2D eigenvalue weighted by Crippen LogP contribution is -2.33. The molecule has 1 saturated heterocycles. The quantitative estimate of drug-likeness (QED) is 0.542. The van der Waals surface area contributed by atoms with Crippen LogP contribution in [0.1, 0.15) is 53.4 Å². The van der Waals surface area contributed by atoms with Crippen molar-refractivity contribution < 1.29 is 9.26 Å². The van der Waals surface area contributed by atoms with Gasteiger partial charge in [0.15, 0.2) is 5.82 Å². The highest BCUT2D eigenvalue weighted by atomic mass is 32.1. The summed E-state index contributed by atoms with van der Waals surface area (Å²) in [5.74, 6) is 2.90. The maximum absolute atomic E-state index is 6.54. The van der Waals surface area contributed by atoms with Gasteiger partial charge in [-0.3, -0.25) is 4.90 Å². The van der Waals surface area contributed by atoms with Gasteiger partial charge in [0.1, 0.15) is 11.9 Å². The Morgan fingerprint density at radius 3 is 2.77 bits per heavy atom. The van der Waals surface area contributed by atoms with E-state index in [1.807, 2.05) is 14.0 Å². The number of rotatable bonds is 9. The number of para-hydroxylation sites is 1. The van der Waals surface area contributed by atoms with Crippen molar-refractivity contribution >= 4 is 11.3 Å². The highest BCUT2D eigenvalue weighted by Gasteiger charge is 2.25. The Kier molecular flexibility index (Phi) is 7.15. The van der Waals surface area contributed by atoms with Crippen LogP contribution in [-0.4, -0.2) is 41.7 Å². The highest BCUT2D eigenvalue weighted by Crippen LogP contribution is 2.32. The van der Waals surface area contributed by atoms with Gasteiger partial charge in [-0.05, 0) is 57.0 Å². The predicted octanol–water partition coefficient (Wildman–Crippen LogP) is 4.55. The molecule has 3 heterocycles. The Morgan fingerprint density at radius 2 is 2.07 bits per heavy atom. The monoisotopic (exact) mass is 426 g/mol. The summed E-state index contributed by atoms with van der Waals surface area (Å²) in [6, 6.07) is 12.7. The summed E-state index contributed by atoms with van der Waals surface area (Å²) >= 11 is 1.76. The summed E-state index contributed by atoms with van der Waals surface area (Å²) in [6.45, 7) is 5.73. The first-order valence-corrected chi connectivity index (χ1v) is 11.6. The molecule has 1 atom stereocenters. The largest absolute Gasteiger partial charge is 0.485 e. The van der Waals surface area contributed by atoms with E-state index in [-0.39, 0.29) is 6.10 Å². The van der Waals surface area contributed by atoms with Gasteiger partial charge in [-0.15, -0.1) is 11.3 Å². The number of benzene rings is 1. The van der Waals surface area contributed by atoms with Crippen LogP contribution >= 0.6 is 11.3 Å². The second-order valence-corrected chi connectivity index (χ2v) is 8.82. The average molecular weight is 427 g/mol. The zero-order valence-electron chi connectivity index (χ0n) is 17.7. The fraction of sp³-hybridized carbons (Fsp3) is 0.478. The SMILES string of the molecule is CNCCC(Oc1ccccc1CN1CCC(c2noc(C)n2)CC1)c1cccs1. The molecule has 3 aromatic rings.